The molecule has 0 saturated carbocycles. The Hall–Kier alpha value is -2.50. The van der Waals surface area contributed by atoms with Crippen LogP contribution in [0.5, 0.6) is 17.4 Å². The summed E-state index contributed by atoms with van der Waals surface area (Å²) in [5.74, 6) is 3.87. The van der Waals surface area contributed by atoms with Crippen molar-refractivity contribution in [2.45, 2.75) is 26.3 Å². The molecular formula is C16H19N3O3. The second-order valence-corrected chi connectivity index (χ2v) is 5.35. The first-order valence-electron chi connectivity index (χ1n) is 7.21. The average Bonchev–Trinajstić information content (AvgIpc) is 3.00. The normalized spacial score (nSPS) is 12.5. The van der Waals surface area contributed by atoms with Crippen LogP contribution in [0.25, 0.3) is 0 Å². The predicted molar refractivity (Wildman–Crippen MR) is 82.6 cm³/mol. The van der Waals surface area contributed by atoms with Crippen LogP contribution in [0, 0.1) is 0 Å². The number of benzene rings is 1. The Morgan fingerprint density at radius 2 is 2.00 bits per heavy atom. The maximum atomic E-state index is 5.38. The van der Waals surface area contributed by atoms with E-state index in [-0.39, 0.29) is 12.7 Å². The Morgan fingerprint density at radius 3 is 2.77 bits per heavy atom. The Kier molecular flexibility index (Phi) is 4.00. The summed E-state index contributed by atoms with van der Waals surface area (Å²) in [5.41, 5.74) is 1.09. The molecule has 0 unspecified atom stereocenters. The van der Waals surface area contributed by atoms with Gasteiger partial charge in [-0.15, -0.1) is 0 Å². The monoisotopic (exact) mass is 301 g/mol. The third-order valence-corrected chi connectivity index (χ3v) is 3.36. The van der Waals surface area contributed by atoms with E-state index in [0.717, 1.165) is 28.7 Å². The van der Waals surface area contributed by atoms with E-state index >= 15 is 0 Å². The molecule has 1 N–H and O–H groups in total. The number of methoxy groups -OCH3 is 1. The molecule has 2 aromatic rings. The van der Waals surface area contributed by atoms with Gasteiger partial charge in [0.15, 0.2) is 11.5 Å². The molecule has 0 atom stereocenters. The number of rotatable bonds is 5. The molecule has 0 radical (unpaired) electrons. The van der Waals surface area contributed by atoms with E-state index in [0.29, 0.717) is 12.4 Å². The fourth-order valence-corrected chi connectivity index (χ4v) is 2.14. The number of fused-ring (bicyclic) bond motifs is 1. The van der Waals surface area contributed by atoms with Crippen molar-refractivity contribution in [3.63, 3.8) is 0 Å². The zero-order chi connectivity index (χ0) is 15.5. The average molecular weight is 301 g/mol. The van der Waals surface area contributed by atoms with Crippen molar-refractivity contribution in [3.05, 3.63) is 35.7 Å². The van der Waals surface area contributed by atoms with Crippen molar-refractivity contribution >= 4 is 5.82 Å². The standard InChI is InChI=1S/C16H19N3O3/c1-10(2)16-18-14(7-15(19-16)20-3)17-8-11-4-5-12-13(6-11)22-9-21-12/h4-7,10H,8-9H2,1-3H3,(H,17,18,19). The predicted octanol–water partition coefficient (Wildman–Crippen LogP) is 2.95. The highest BCUT2D eigenvalue weighted by molar-refractivity contribution is 5.46. The zero-order valence-electron chi connectivity index (χ0n) is 12.9. The smallest absolute Gasteiger partial charge is 0.231 e. The van der Waals surface area contributed by atoms with Crippen LogP contribution >= 0.6 is 0 Å². The molecule has 116 valence electrons. The van der Waals surface area contributed by atoms with Crippen molar-refractivity contribution < 1.29 is 14.2 Å². The highest BCUT2D eigenvalue weighted by atomic mass is 16.7. The first-order valence-corrected chi connectivity index (χ1v) is 7.21. The number of anilines is 1. The molecule has 6 nitrogen and oxygen atoms in total. The van der Waals surface area contributed by atoms with Crippen LogP contribution in [0.4, 0.5) is 5.82 Å². The van der Waals surface area contributed by atoms with E-state index in [1.807, 2.05) is 18.2 Å². The van der Waals surface area contributed by atoms with Crippen molar-refractivity contribution in [1.82, 2.24) is 9.97 Å². The summed E-state index contributed by atoms with van der Waals surface area (Å²) in [7, 11) is 1.61. The third-order valence-electron chi connectivity index (χ3n) is 3.36. The molecule has 1 aromatic carbocycles. The summed E-state index contributed by atoms with van der Waals surface area (Å²) in [6, 6.07) is 7.68. The molecule has 0 fully saturated rings. The number of nitrogens with one attached hydrogen (secondary N) is 1. The number of ether oxygens (including phenoxy) is 3. The molecule has 2 heterocycles. The van der Waals surface area contributed by atoms with E-state index < -0.39 is 0 Å². The van der Waals surface area contributed by atoms with Gasteiger partial charge in [0, 0.05) is 18.5 Å². The van der Waals surface area contributed by atoms with E-state index in [4.69, 9.17) is 14.2 Å². The molecule has 1 aliphatic heterocycles. The van der Waals surface area contributed by atoms with Gasteiger partial charge in [-0.05, 0) is 17.7 Å². The minimum Gasteiger partial charge on any atom is -0.481 e. The van der Waals surface area contributed by atoms with E-state index in [2.05, 4.69) is 29.1 Å². The van der Waals surface area contributed by atoms with Gasteiger partial charge >= 0.3 is 0 Å². The molecule has 0 aliphatic carbocycles. The molecule has 1 aromatic heterocycles. The number of aromatic nitrogens is 2. The van der Waals surface area contributed by atoms with Crippen molar-refractivity contribution in [1.29, 1.82) is 0 Å². The Labute approximate surface area is 129 Å². The van der Waals surface area contributed by atoms with Gasteiger partial charge in [0.1, 0.15) is 11.6 Å². The highest BCUT2D eigenvalue weighted by Crippen LogP contribution is 2.32. The molecule has 0 amide bonds. The summed E-state index contributed by atoms with van der Waals surface area (Å²) in [4.78, 5) is 8.85. The van der Waals surface area contributed by atoms with Crippen LogP contribution in [0.3, 0.4) is 0 Å². The van der Waals surface area contributed by atoms with E-state index in [9.17, 15) is 0 Å². The van der Waals surface area contributed by atoms with Crippen LogP contribution in [0.1, 0.15) is 31.2 Å². The number of hydrogen-bond acceptors (Lipinski definition) is 6. The minimum absolute atomic E-state index is 0.237. The second-order valence-electron chi connectivity index (χ2n) is 5.35. The van der Waals surface area contributed by atoms with Crippen molar-refractivity contribution in [2.24, 2.45) is 0 Å². The molecule has 1 aliphatic rings. The van der Waals surface area contributed by atoms with E-state index in [1.54, 1.807) is 13.2 Å². The second kappa shape index (κ2) is 6.09. The van der Waals surface area contributed by atoms with E-state index in [1.165, 1.54) is 0 Å². The van der Waals surface area contributed by atoms with Gasteiger partial charge in [0.2, 0.25) is 12.7 Å². The molecule has 0 saturated heterocycles. The molecule has 0 bridgehead atoms. The fourth-order valence-electron chi connectivity index (χ4n) is 2.14. The lowest BCUT2D eigenvalue weighted by Crippen LogP contribution is -2.06. The lowest BCUT2D eigenvalue weighted by atomic mass is 10.2. The third kappa shape index (κ3) is 3.05. The Balaban J connectivity index is 1.74. The molecular weight excluding hydrogens is 282 g/mol. The first-order chi connectivity index (χ1) is 10.7. The van der Waals surface area contributed by atoms with Crippen LogP contribution in [-0.2, 0) is 6.54 Å². The van der Waals surface area contributed by atoms with Crippen molar-refractivity contribution in [2.75, 3.05) is 19.2 Å². The van der Waals surface area contributed by atoms with Crippen molar-refractivity contribution in [3.8, 4) is 17.4 Å². The molecule has 0 spiro atoms. The maximum absolute atomic E-state index is 5.38. The van der Waals surface area contributed by atoms with Gasteiger partial charge in [-0.25, -0.2) is 4.98 Å². The van der Waals surface area contributed by atoms with Gasteiger partial charge in [-0.1, -0.05) is 19.9 Å². The quantitative estimate of drug-likeness (QED) is 0.916. The van der Waals surface area contributed by atoms with Gasteiger partial charge in [0.25, 0.3) is 0 Å². The lowest BCUT2D eigenvalue weighted by Gasteiger charge is -2.11. The van der Waals surface area contributed by atoms with Gasteiger partial charge in [-0.2, -0.15) is 4.98 Å². The van der Waals surface area contributed by atoms with Crippen LogP contribution in [0.2, 0.25) is 0 Å². The van der Waals surface area contributed by atoms with Gasteiger partial charge in [-0.3, -0.25) is 0 Å². The molecule has 22 heavy (non-hydrogen) atoms. The summed E-state index contributed by atoms with van der Waals surface area (Å²) in [6.45, 7) is 5.02. The van der Waals surface area contributed by atoms with Gasteiger partial charge in [0.05, 0.1) is 7.11 Å². The van der Waals surface area contributed by atoms with Crippen LogP contribution in [0.15, 0.2) is 24.3 Å². The summed E-state index contributed by atoms with van der Waals surface area (Å²) in [6.07, 6.45) is 0. The fraction of sp³-hybridized carbons (Fsp3) is 0.375. The molecule has 6 heteroatoms. The molecule has 3 rings (SSSR count). The summed E-state index contributed by atoms with van der Waals surface area (Å²) >= 11 is 0. The minimum atomic E-state index is 0.237. The Bertz CT molecular complexity index is 674. The number of nitrogens with zero attached hydrogens (tertiary/aromatic N) is 2. The lowest BCUT2D eigenvalue weighted by molar-refractivity contribution is 0.174. The Morgan fingerprint density at radius 1 is 1.18 bits per heavy atom. The first kappa shape index (κ1) is 14.4. The van der Waals surface area contributed by atoms with Gasteiger partial charge < -0.3 is 19.5 Å². The summed E-state index contributed by atoms with van der Waals surface area (Å²) < 4.78 is 15.9. The topological polar surface area (TPSA) is 65.5 Å². The summed E-state index contributed by atoms with van der Waals surface area (Å²) in [5, 5.41) is 3.29. The number of hydrogen-bond donors (Lipinski definition) is 1. The zero-order valence-corrected chi connectivity index (χ0v) is 12.9. The maximum Gasteiger partial charge on any atom is 0.231 e. The largest absolute Gasteiger partial charge is 0.481 e. The SMILES string of the molecule is COc1cc(NCc2ccc3c(c2)OCO3)nc(C(C)C)n1. The van der Waals surface area contributed by atoms with Crippen LogP contribution < -0.4 is 19.5 Å². The van der Waals surface area contributed by atoms with Crippen LogP contribution in [-0.4, -0.2) is 23.9 Å². The highest BCUT2D eigenvalue weighted by Gasteiger charge is 2.13.